The molecule has 0 radical (unpaired) electrons. The Morgan fingerprint density at radius 1 is 1.43 bits per heavy atom. The van der Waals surface area contributed by atoms with Gasteiger partial charge >= 0.3 is 0 Å². The van der Waals surface area contributed by atoms with E-state index in [4.69, 9.17) is 17.3 Å². The molecule has 1 aromatic heterocycles. The van der Waals surface area contributed by atoms with E-state index < -0.39 is 10.0 Å². The summed E-state index contributed by atoms with van der Waals surface area (Å²) in [5, 5.41) is 0.329. The second-order valence-electron chi connectivity index (χ2n) is 4.35. The normalized spacial score (nSPS) is 11.4. The Bertz CT molecular complexity index is 781. The van der Waals surface area contributed by atoms with Crippen molar-refractivity contribution in [2.75, 3.05) is 4.72 Å². The molecule has 0 spiro atoms. The number of sulfonamides is 1. The van der Waals surface area contributed by atoms with Gasteiger partial charge in [0.15, 0.2) is 0 Å². The summed E-state index contributed by atoms with van der Waals surface area (Å²) in [7, 11) is -3.77. The summed E-state index contributed by atoms with van der Waals surface area (Å²) < 4.78 is 28.1. The lowest BCUT2D eigenvalue weighted by atomic mass is 10.1. The highest BCUT2D eigenvalue weighted by Crippen LogP contribution is 2.28. The smallest absolute Gasteiger partial charge is 0.262 e. The molecule has 0 unspecified atom stereocenters. The topological polar surface area (TPSA) is 85.1 Å². The third-order valence-corrected chi connectivity index (χ3v) is 5.30. The summed E-state index contributed by atoms with van der Waals surface area (Å²) in [6.07, 6.45) is 3.01. The quantitative estimate of drug-likeness (QED) is 0.840. The van der Waals surface area contributed by atoms with Crippen LogP contribution in [0, 0.1) is 6.92 Å². The van der Waals surface area contributed by atoms with E-state index in [0.717, 1.165) is 0 Å². The molecule has 0 aliphatic heterocycles. The fourth-order valence-electron chi connectivity index (χ4n) is 1.86. The summed E-state index contributed by atoms with van der Waals surface area (Å²) in [5.74, 6) is 0. The Morgan fingerprint density at radius 2 is 2.14 bits per heavy atom. The van der Waals surface area contributed by atoms with Crippen molar-refractivity contribution in [2.45, 2.75) is 18.4 Å². The number of nitrogens with two attached hydrogens (primary N) is 1. The van der Waals surface area contributed by atoms with Crippen molar-refractivity contribution in [1.29, 1.82) is 0 Å². The minimum atomic E-state index is -3.77. The van der Waals surface area contributed by atoms with E-state index in [-0.39, 0.29) is 11.4 Å². The molecule has 2 rings (SSSR count). The van der Waals surface area contributed by atoms with Gasteiger partial charge in [-0.3, -0.25) is 9.71 Å². The van der Waals surface area contributed by atoms with E-state index in [1.165, 1.54) is 18.5 Å². The molecule has 8 heteroatoms. The second kappa shape index (κ2) is 6.31. The Morgan fingerprint density at radius 3 is 2.76 bits per heavy atom. The molecular formula is C13H13BrClN3O2S. The van der Waals surface area contributed by atoms with E-state index in [1.807, 2.05) is 0 Å². The van der Waals surface area contributed by atoms with Crippen LogP contribution in [0.2, 0.25) is 5.02 Å². The standard InChI is InChI=1S/C13H13BrClN3O2S/c1-8-9(6-16)4-10(15)5-13(8)21(19,20)18-12-2-3-17-7-11(12)14/h2-5,7H,6,16H2,1H3,(H,17,18). The largest absolute Gasteiger partial charge is 0.326 e. The molecule has 0 saturated carbocycles. The molecule has 1 aromatic carbocycles. The van der Waals surface area contributed by atoms with Crippen LogP contribution in [0.5, 0.6) is 0 Å². The second-order valence-corrected chi connectivity index (χ2v) is 7.29. The summed E-state index contributed by atoms with van der Waals surface area (Å²) in [5.41, 5.74) is 7.29. The van der Waals surface area contributed by atoms with E-state index >= 15 is 0 Å². The molecule has 0 fully saturated rings. The minimum Gasteiger partial charge on any atom is -0.326 e. The van der Waals surface area contributed by atoms with Crippen molar-refractivity contribution in [3.63, 3.8) is 0 Å². The van der Waals surface area contributed by atoms with Crippen LogP contribution in [0.4, 0.5) is 5.69 Å². The van der Waals surface area contributed by atoms with Crippen LogP contribution >= 0.6 is 27.5 Å². The molecule has 0 aliphatic rings. The van der Waals surface area contributed by atoms with Gasteiger partial charge in [-0.2, -0.15) is 0 Å². The highest BCUT2D eigenvalue weighted by Gasteiger charge is 2.20. The highest BCUT2D eigenvalue weighted by atomic mass is 79.9. The number of aromatic nitrogens is 1. The summed E-state index contributed by atoms with van der Waals surface area (Å²) in [4.78, 5) is 4.00. The maximum absolute atomic E-state index is 12.5. The zero-order chi connectivity index (χ0) is 15.6. The maximum atomic E-state index is 12.5. The van der Waals surface area contributed by atoms with Crippen LogP contribution in [0.1, 0.15) is 11.1 Å². The molecule has 21 heavy (non-hydrogen) atoms. The first kappa shape index (κ1) is 16.2. The van der Waals surface area contributed by atoms with Gasteiger partial charge in [-0.1, -0.05) is 11.6 Å². The average Bonchev–Trinajstić information content (AvgIpc) is 2.43. The number of halogens is 2. The van der Waals surface area contributed by atoms with Crippen LogP contribution in [0.15, 0.2) is 40.0 Å². The number of anilines is 1. The van der Waals surface area contributed by atoms with Crippen molar-refractivity contribution >= 4 is 43.2 Å². The number of hydrogen-bond acceptors (Lipinski definition) is 4. The van der Waals surface area contributed by atoms with Gasteiger partial charge in [-0.25, -0.2) is 8.42 Å². The van der Waals surface area contributed by atoms with Gasteiger partial charge in [-0.15, -0.1) is 0 Å². The lowest BCUT2D eigenvalue weighted by Gasteiger charge is -2.14. The Hall–Kier alpha value is -1.15. The fourth-order valence-corrected chi connectivity index (χ4v) is 4.04. The lowest BCUT2D eigenvalue weighted by molar-refractivity contribution is 0.600. The number of benzene rings is 1. The van der Waals surface area contributed by atoms with Crippen molar-refractivity contribution in [3.05, 3.63) is 51.2 Å². The van der Waals surface area contributed by atoms with Crippen molar-refractivity contribution < 1.29 is 8.42 Å². The van der Waals surface area contributed by atoms with Crippen LogP contribution in [0.25, 0.3) is 0 Å². The van der Waals surface area contributed by atoms with Crippen molar-refractivity contribution in [2.24, 2.45) is 5.73 Å². The van der Waals surface area contributed by atoms with Gasteiger partial charge in [-0.05, 0) is 52.2 Å². The molecule has 3 N–H and O–H groups in total. The lowest BCUT2D eigenvalue weighted by Crippen LogP contribution is -2.16. The molecule has 112 valence electrons. The van der Waals surface area contributed by atoms with E-state index in [2.05, 4.69) is 25.6 Å². The maximum Gasteiger partial charge on any atom is 0.262 e. The molecule has 5 nitrogen and oxygen atoms in total. The molecule has 0 bridgehead atoms. The van der Waals surface area contributed by atoms with Crippen LogP contribution in [-0.2, 0) is 16.6 Å². The Labute approximate surface area is 136 Å². The molecule has 0 atom stereocenters. The van der Waals surface area contributed by atoms with Gasteiger partial charge in [0.2, 0.25) is 0 Å². The zero-order valence-corrected chi connectivity index (χ0v) is 14.3. The van der Waals surface area contributed by atoms with E-state index in [0.29, 0.717) is 26.3 Å². The van der Waals surface area contributed by atoms with Crippen LogP contribution in [0.3, 0.4) is 0 Å². The van der Waals surface area contributed by atoms with E-state index in [1.54, 1.807) is 19.1 Å². The molecular weight excluding hydrogens is 378 g/mol. The highest BCUT2D eigenvalue weighted by molar-refractivity contribution is 9.10. The third kappa shape index (κ3) is 3.55. The predicted molar refractivity (Wildman–Crippen MR) is 86.8 cm³/mol. The zero-order valence-electron chi connectivity index (χ0n) is 11.1. The molecule has 1 heterocycles. The summed E-state index contributed by atoms with van der Waals surface area (Å²) in [6.45, 7) is 1.92. The average molecular weight is 391 g/mol. The Kier molecular flexibility index (Phi) is 4.88. The van der Waals surface area contributed by atoms with Crippen molar-refractivity contribution in [3.8, 4) is 0 Å². The SMILES string of the molecule is Cc1c(CN)cc(Cl)cc1S(=O)(=O)Nc1ccncc1Br. The van der Waals surface area contributed by atoms with Gasteiger partial charge in [0.25, 0.3) is 10.0 Å². The monoisotopic (exact) mass is 389 g/mol. The molecule has 2 aromatic rings. The summed E-state index contributed by atoms with van der Waals surface area (Å²) >= 11 is 9.22. The van der Waals surface area contributed by atoms with Gasteiger partial charge in [0.1, 0.15) is 0 Å². The van der Waals surface area contributed by atoms with Crippen LogP contribution in [-0.4, -0.2) is 13.4 Å². The van der Waals surface area contributed by atoms with E-state index in [9.17, 15) is 8.42 Å². The number of rotatable bonds is 4. The van der Waals surface area contributed by atoms with Gasteiger partial charge in [0.05, 0.1) is 15.1 Å². The predicted octanol–water partition coefficient (Wildman–Crippen LogP) is 3.07. The first-order valence-corrected chi connectivity index (χ1v) is 8.62. The fraction of sp³-hybridized carbons (Fsp3) is 0.154. The van der Waals surface area contributed by atoms with Gasteiger partial charge < -0.3 is 5.73 Å². The van der Waals surface area contributed by atoms with Crippen molar-refractivity contribution in [1.82, 2.24) is 4.98 Å². The third-order valence-electron chi connectivity index (χ3n) is 2.96. The molecule has 0 amide bonds. The van der Waals surface area contributed by atoms with Gasteiger partial charge in [0, 0.05) is 24.0 Å². The molecule has 0 aliphatic carbocycles. The minimum absolute atomic E-state index is 0.110. The molecule has 0 saturated heterocycles. The number of nitrogens with zero attached hydrogens (tertiary/aromatic N) is 1. The van der Waals surface area contributed by atoms with Crippen LogP contribution < -0.4 is 10.5 Å². The summed E-state index contributed by atoms with van der Waals surface area (Å²) in [6, 6.07) is 4.64. The number of pyridine rings is 1. The Balaban J connectivity index is 2.50. The number of hydrogen-bond donors (Lipinski definition) is 2. The first-order chi connectivity index (χ1) is 9.85. The number of nitrogens with one attached hydrogen (secondary N) is 1. The first-order valence-electron chi connectivity index (χ1n) is 5.96.